The molecule has 1 aromatic carbocycles. The Hall–Kier alpha value is -1.77. The maximum absolute atomic E-state index is 11.4. The van der Waals surface area contributed by atoms with Crippen LogP contribution in [0.2, 0.25) is 0 Å². The summed E-state index contributed by atoms with van der Waals surface area (Å²) >= 11 is 0. The van der Waals surface area contributed by atoms with Crippen LogP contribution in [0.25, 0.3) is 0 Å². The van der Waals surface area contributed by atoms with Gasteiger partial charge in [0.25, 0.3) is 0 Å². The summed E-state index contributed by atoms with van der Waals surface area (Å²) in [6, 6.07) is 7.00. The fourth-order valence-electron chi connectivity index (χ4n) is 1.01. The number of hydrogen-bond donors (Lipinski definition) is 1. The molecule has 0 spiro atoms. The molecule has 0 atom stereocenters. The Kier molecular flexibility index (Phi) is 3.73. The molecule has 0 fully saturated rings. The number of carbonyl (C=O) groups excluding carboxylic acids is 1. The van der Waals surface area contributed by atoms with Gasteiger partial charge in [0.2, 0.25) is 0 Å². The molecule has 0 radical (unpaired) electrons. The van der Waals surface area contributed by atoms with E-state index < -0.39 is 0 Å². The van der Waals surface area contributed by atoms with Crippen molar-refractivity contribution in [2.45, 2.75) is 0 Å². The summed E-state index contributed by atoms with van der Waals surface area (Å²) < 4.78 is 4.99. The summed E-state index contributed by atoms with van der Waals surface area (Å²) in [5.41, 5.74) is 0.650. The predicted molar refractivity (Wildman–Crippen MR) is 55.5 cm³/mol. The van der Waals surface area contributed by atoms with Crippen molar-refractivity contribution in [2.24, 2.45) is 0 Å². The van der Waals surface area contributed by atoms with Crippen LogP contribution in [0, 0.1) is 0 Å². The summed E-state index contributed by atoms with van der Waals surface area (Å²) in [4.78, 5) is 11.4. The number of allylic oxidation sites excluding steroid dienone is 1. The van der Waals surface area contributed by atoms with Crippen LogP contribution < -0.4 is 10.1 Å². The van der Waals surface area contributed by atoms with Gasteiger partial charge in [0.1, 0.15) is 5.75 Å². The van der Waals surface area contributed by atoms with Gasteiger partial charge >= 0.3 is 0 Å². The topological polar surface area (TPSA) is 38.3 Å². The molecule has 0 unspecified atom stereocenters. The van der Waals surface area contributed by atoms with Crippen molar-refractivity contribution in [1.82, 2.24) is 5.32 Å². The molecule has 0 heterocycles. The van der Waals surface area contributed by atoms with Crippen molar-refractivity contribution in [2.75, 3.05) is 14.2 Å². The summed E-state index contributed by atoms with van der Waals surface area (Å²) in [5.74, 6) is 0.723. The SMILES string of the molecule is CNC=CC(=O)c1ccc(OC)cc1. The smallest absolute Gasteiger partial charge is 0.187 e. The Labute approximate surface area is 83.4 Å². The molecule has 0 bridgehead atoms. The minimum Gasteiger partial charge on any atom is -0.497 e. The van der Waals surface area contributed by atoms with E-state index in [4.69, 9.17) is 4.74 Å². The van der Waals surface area contributed by atoms with E-state index in [2.05, 4.69) is 5.32 Å². The number of ether oxygens (including phenoxy) is 1. The molecule has 0 aliphatic rings. The Bertz CT molecular complexity index is 328. The third-order valence-corrected chi connectivity index (χ3v) is 1.78. The fourth-order valence-corrected chi connectivity index (χ4v) is 1.01. The maximum atomic E-state index is 11.4. The van der Waals surface area contributed by atoms with Crippen molar-refractivity contribution in [1.29, 1.82) is 0 Å². The van der Waals surface area contributed by atoms with Gasteiger partial charge in [0, 0.05) is 24.9 Å². The number of nitrogens with one attached hydrogen (secondary N) is 1. The second-order valence-electron chi connectivity index (χ2n) is 2.71. The summed E-state index contributed by atoms with van der Waals surface area (Å²) in [7, 11) is 3.34. The predicted octanol–water partition coefficient (Wildman–Crippen LogP) is 1.61. The lowest BCUT2D eigenvalue weighted by Gasteiger charge is -1.99. The molecule has 1 N–H and O–H groups in total. The van der Waals surface area contributed by atoms with Gasteiger partial charge in [-0.25, -0.2) is 0 Å². The molecule has 0 amide bonds. The van der Waals surface area contributed by atoms with Crippen LogP contribution in [0.3, 0.4) is 0 Å². The molecule has 0 saturated heterocycles. The van der Waals surface area contributed by atoms with Crippen LogP contribution >= 0.6 is 0 Å². The first-order valence-corrected chi connectivity index (χ1v) is 4.30. The minimum atomic E-state index is -0.0259. The molecule has 0 saturated carbocycles. The molecule has 1 rings (SSSR count). The van der Waals surface area contributed by atoms with Crippen molar-refractivity contribution in [3.8, 4) is 5.75 Å². The molecule has 74 valence electrons. The zero-order valence-corrected chi connectivity index (χ0v) is 8.28. The normalized spacial score (nSPS) is 10.1. The molecular formula is C11H13NO2. The van der Waals surface area contributed by atoms with Gasteiger partial charge in [-0.3, -0.25) is 4.79 Å². The maximum Gasteiger partial charge on any atom is 0.187 e. The first kappa shape index (κ1) is 10.3. The minimum absolute atomic E-state index is 0.0259. The Morgan fingerprint density at radius 2 is 2.00 bits per heavy atom. The highest BCUT2D eigenvalue weighted by Crippen LogP contribution is 2.11. The van der Waals surface area contributed by atoms with Gasteiger partial charge in [-0.05, 0) is 24.3 Å². The fraction of sp³-hybridized carbons (Fsp3) is 0.182. The number of hydrogen-bond acceptors (Lipinski definition) is 3. The number of benzene rings is 1. The van der Waals surface area contributed by atoms with Crippen molar-refractivity contribution < 1.29 is 9.53 Å². The van der Waals surface area contributed by atoms with E-state index in [1.165, 1.54) is 6.08 Å². The van der Waals surface area contributed by atoms with Gasteiger partial charge in [-0.1, -0.05) is 0 Å². The van der Waals surface area contributed by atoms with Crippen molar-refractivity contribution in [3.63, 3.8) is 0 Å². The standard InChI is InChI=1S/C11H13NO2/c1-12-8-7-11(13)9-3-5-10(14-2)6-4-9/h3-8,12H,1-2H3. The summed E-state index contributed by atoms with van der Waals surface area (Å²) in [6.07, 6.45) is 3.09. The zero-order valence-electron chi connectivity index (χ0n) is 8.28. The van der Waals surface area contributed by atoms with Crippen molar-refractivity contribution >= 4 is 5.78 Å². The van der Waals surface area contributed by atoms with Crippen LogP contribution in [0.4, 0.5) is 0 Å². The van der Waals surface area contributed by atoms with Gasteiger partial charge < -0.3 is 10.1 Å². The molecule has 3 nitrogen and oxygen atoms in total. The molecule has 14 heavy (non-hydrogen) atoms. The molecular weight excluding hydrogens is 178 g/mol. The van der Waals surface area contributed by atoms with E-state index in [9.17, 15) is 4.79 Å². The Morgan fingerprint density at radius 1 is 1.36 bits per heavy atom. The Morgan fingerprint density at radius 3 is 2.50 bits per heavy atom. The second kappa shape index (κ2) is 5.07. The average molecular weight is 191 g/mol. The van der Waals surface area contributed by atoms with Crippen LogP contribution in [0.1, 0.15) is 10.4 Å². The Balaban J connectivity index is 2.76. The quantitative estimate of drug-likeness (QED) is 0.580. The van der Waals surface area contributed by atoms with Crippen LogP contribution in [-0.4, -0.2) is 19.9 Å². The highest BCUT2D eigenvalue weighted by molar-refractivity contribution is 6.04. The molecule has 0 aromatic heterocycles. The van der Waals surface area contributed by atoms with Gasteiger partial charge in [-0.2, -0.15) is 0 Å². The van der Waals surface area contributed by atoms with Gasteiger partial charge in [0.05, 0.1) is 7.11 Å². The lowest BCUT2D eigenvalue weighted by atomic mass is 10.1. The van der Waals surface area contributed by atoms with Crippen LogP contribution in [0.5, 0.6) is 5.75 Å². The number of rotatable bonds is 4. The van der Waals surface area contributed by atoms with Crippen LogP contribution in [-0.2, 0) is 0 Å². The largest absolute Gasteiger partial charge is 0.497 e. The van der Waals surface area contributed by atoms with Crippen LogP contribution in [0.15, 0.2) is 36.5 Å². The summed E-state index contributed by atoms with van der Waals surface area (Å²) in [5, 5.41) is 2.76. The van der Waals surface area contributed by atoms with E-state index in [-0.39, 0.29) is 5.78 Å². The third-order valence-electron chi connectivity index (χ3n) is 1.78. The van der Waals surface area contributed by atoms with E-state index in [0.717, 1.165) is 5.75 Å². The van der Waals surface area contributed by atoms with Gasteiger partial charge in [0.15, 0.2) is 5.78 Å². The third kappa shape index (κ3) is 2.62. The first-order valence-electron chi connectivity index (χ1n) is 4.30. The molecule has 0 aliphatic heterocycles. The highest BCUT2D eigenvalue weighted by atomic mass is 16.5. The van der Waals surface area contributed by atoms with E-state index >= 15 is 0 Å². The summed E-state index contributed by atoms with van der Waals surface area (Å²) in [6.45, 7) is 0. The van der Waals surface area contributed by atoms with Gasteiger partial charge in [-0.15, -0.1) is 0 Å². The zero-order chi connectivity index (χ0) is 10.4. The lowest BCUT2D eigenvalue weighted by Crippen LogP contribution is -1.98. The molecule has 0 aliphatic carbocycles. The molecule has 1 aromatic rings. The number of methoxy groups -OCH3 is 1. The number of ketones is 1. The van der Waals surface area contributed by atoms with E-state index in [1.807, 2.05) is 0 Å². The van der Waals surface area contributed by atoms with E-state index in [1.54, 1.807) is 44.6 Å². The highest BCUT2D eigenvalue weighted by Gasteiger charge is 2.00. The first-order chi connectivity index (χ1) is 6.77. The molecule has 3 heteroatoms. The lowest BCUT2D eigenvalue weighted by molar-refractivity contribution is 0.104. The monoisotopic (exact) mass is 191 g/mol. The average Bonchev–Trinajstić information content (AvgIpc) is 2.26. The van der Waals surface area contributed by atoms with Crippen molar-refractivity contribution in [3.05, 3.63) is 42.1 Å². The number of carbonyl (C=O) groups is 1. The van der Waals surface area contributed by atoms with E-state index in [0.29, 0.717) is 5.56 Å². The second-order valence-corrected chi connectivity index (χ2v) is 2.71.